The Morgan fingerprint density at radius 2 is 1.94 bits per heavy atom. The highest BCUT2D eigenvalue weighted by Gasteiger charge is 2.06. The van der Waals surface area contributed by atoms with Gasteiger partial charge in [0.15, 0.2) is 5.82 Å². The predicted octanol–water partition coefficient (Wildman–Crippen LogP) is 2.34. The molecule has 3 nitrogen and oxygen atoms in total. The van der Waals surface area contributed by atoms with E-state index in [2.05, 4.69) is 9.97 Å². The van der Waals surface area contributed by atoms with Crippen LogP contribution in [0.4, 0.5) is 4.39 Å². The van der Waals surface area contributed by atoms with Gasteiger partial charge in [0.05, 0.1) is 6.61 Å². The fourth-order valence-electron chi connectivity index (χ4n) is 1.62. The lowest BCUT2D eigenvalue weighted by molar-refractivity contribution is 0.279. The number of rotatable bonds is 3. The molecular weight excluding hydrogens is 219 g/mol. The van der Waals surface area contributed by atoms with Crippen LogP contribution in [-0.4, -0.2) is 15.1 Å². The van der Waals surface area contributed by atoms with Gasteiger partial charge in [-0.2, -0.15) is 0 Å². The normalized spacial score (nSPS) is 10.5. The van der Waals surface area contributed by atoms with E-state index in [4.69, 9.17) is 5.11 Å². The highest BCUT2D eigenvalue weighted by atomic mass is 19.1. The minimum Gasteiger partial charge on any atom is -0.392 e. The van der Waals surface area contributed by atoms with Crippen molar-refractivity contribution >= 4 is 0 Å². The Morgan fingerprint density at radius 1 is 1.24 bits per heavy atom. The summed E-state index contributed by atoms with van der Waals surface area (Å²) in [5.41, 5.74) is 2.32. The largest absolute Gasteiger partial charge is 0.392 e. The first-order chi connectivity index (χ1) is 8.24. The summed E-state index contributed by atoms with van der Waals surface area (Å²) < 4.78 is 12.8. The zero-order valence-corrected chi connectivity index (χ0v) is 9.52. The Kier molecular flexibility index (Phi) is 3.44. The van der Waals surface area contributed by atoms with Crippen molar-refractivity contribution in [2.45, 2.75) is 20.0 Å². The van der Waals surface area contributed by atoms with E-state index in [1.54, 1.807) is 18.3 Å². The van der Waals surface area contributed by atoms with Crippen molar-refractivity contribution in [1.82, 2.24) is 9.97 Å². The molecule has 1 N–H and O–H groups in total. The highest BCUT2D eigenvalue weighted by Crippen LogP contribution is 2.17. The molecule has 0 bridgehead atoms. The summed E-state index contributed by atoms with van der Waals surface area (Å²) in [5.74, 6) is 0.274. The third-order valence-electron chi connectivity index (χ3n) is 2.56. The molecule has 0 saturated heterocycles. The van der Waals surface area contributed by atoms with Crippen molar-refractivity contribution in [2.75, 3.05) is 0 Å². The van der Waals surface area contributed by atoms with Gasteiger partial charge in [-0.3, -0.25) is 0 Å². The molecule has 0 spiro atoms. The van der Waals surface area contributed by atoms with Gasteiger partial charge in [0.25, 0.3) is 0 Å². The van der Waals surface area contributed by atoms with Crippen molar-refractivity contribution in [2.24, 2.45) is 0 Å². The molecule has 1 aromatic carbocycles. The second-order valence-corrected chi connectivity index (χ2v) is 3.68. The van der Waals surface area contributed by atoms with E-state index < -0.39 is 0 Å². The third kappa shape index (κ3) is 2.47. The molecule has 0 aliphatic heterocycles. The molecule has 0 saturated carbocycles. The molecule has 0 aliphatic carbocycles. The lowest BCUT2D eigenvalue weighted by Crippen LogP contribution is -2.00. The van der Waals surface area contributed by atoms with Crippen molar-refractivity contribution in [3.63, 3.8) is 0 Å². The summed E-state index contributed by atoms with van der Waals surface area (Å²) in [7, 11) is 0. The first-order valence-corrected chi connectivity index (χ1v) is 5.46. The molecule has 88 valence electrons. The number of benzene rings is 1. The quantitative estimate of drug-likeness (QED) is 0.883. The SMILES string of the molecule is CCc1nc(-c2ccc(F)cc2)ncc1CO. The molecule has 1 aromatic heterocycles. The van der Waals surface area contributed by atoms with Crippen LogP contribution in [0.2, 0.25) is 0 Å². The number of nitrogens with zero attached hydrogens (tertiary/aromatic N) is 2. The minimum absolute atomic E-state index is 0.0626. The van der Waals surface area contributed by atoms with E-state index in [1.807, 2.05) is 6.92 Å². The van der Waals surface area contributed by atoms with Crippen LogP contribution in [0.15, 0.2) is 30.5 Å². The van der Waals surface area contributed by atoms with E-state index in [9.17, 15) is 4.39 Å². The summed E-state index contributed by atoms with van der Waals surface area (Å²) in [6.07, 6.45) is 2.34. The fraction of sp³-hybridized carbons (Fsp3) is 0.231. The molecule has 2 aromatic rings. The number of hydrogen-bond donors (Lipinski definition) is 1. The van der Waals surface area contributed by atoms with Gasteiger partial charge in [0.1, 0.15) is 5.82 Å². The number of aliphatic hydroxyl groups is 1. The summed E-state index contributed by atoms with van der Waals surface area (Å²) in [4.78, 5) is 8.53. The molecule has 2 rings (SSSR count). The first-order valence-electron chi connectivity index (χ1n) is 5.46. The smallest absolute Gasteiger partial charge is 0.159 e. The molecule has 0 atom stereocenters. The standard InChI is InChI=1S/C13H13FN2O/c1-2-12-10(8-17)7-15-13(16-12)9-3-5-11(14)6-4-9/h3-7,17H,2,8H2,1H3. The van der Waals surface area contributed by atoms with Gasteiger partial charge in [-0.25, -0.2) is 14.4 Å². The molecule has 0 radical (unpaired) electrons. The zero-order valence-electron chi connectivity index (χ0n) is 9.52. The Balaban J connectivity index is 2.42. The van der Waals surface area contributed by atoms with Crippen LogP contribution in [0.5, 0.6) is 0 Å². The van der Waals surface area contributed by atoms with Crippen LogP contribution in [0.1, 0.15) is 18.2 Å². The number of halogens is 1. The first kappa shape index (κ1) is 11.7. The Hall–Kier alpha value is -1.81. The lowest BCUT2D eigenvalue weighted by atomic mass is 10.1. The van der Waals surface area contributed by atoms with Crippen LogP contribution >= 0.6 is 0 Å². The minimum atomic E-state index is -0.281. The number of aliphatic hydroxyl groups excluding tert-OH is 1. The number of hydrogen-bond acceptors (Lipinski definition) is 3. The lowest BCUT2D eigenvalue weighted by Gasteiger charge is -2.06. The summed E-state index contributed by atoms with van der Waals surface area (Å²) >= 11 is 0. The monoisotopic (exact) mass is 232 g/mol. The number of aromatic nitrogens is 2. The molecular formula is C13H13FN2O. The van der Waals surface area contributed by atoms with Gasteiger partial charge in [-0.1, -0.05) is 6.92 Å². The van der Waals surface area contributed by atoms with Crippen molar-refractivity contribution in [3.05, 3.63) is 47.5 Å². The second kappa shape index (κ2) is 5.01. The molecule has 0 amide bonds. The molecule has 0 unspecified atom stereocenters. The van der Waals surface area contributed by atoms with Gasteiger partial charge >= 0.3 is 0 Å². The molecule has 4 heteroatoms. The van der Waals surface area contributed by atoms with E-state index in [1.165, 1.54) is 12.1 Å². The van der Waals surface area contributed by atoms with Crippen LogP contribution in [0.25, 0.3) is 11.4 Å². The van der Waals surface area contributed by atoms with Crippen molar-refractivity contribution in [3.8, 4) is 11.4 Å². The van der Waals surface area contributed by atoms with Crippen molar-refractivity contribution < 1.29 is 9.50 Å². The van der Waals surface area contributed by atoms with Gasteiger partial charge in [0, 0.05) is 23.0 Å². The van der Waals surface area contributed by atoms with Crippen LogP contribution in [0.3, 0.4) is 0 Å². The summed E-state index contributed by atoms with van der Waals surface area (Å²) in [6, 6.07) is 6.04. The topological polar surface area (TPSA) is 46.0 Å². The second-order valence-electron chi connectivity index (χ2n) is 3.68. The van der Waals surface area contributed by atoms with E-state index in [0.717, 1.165) is 23.2 Å². The molecule has 0 aliphatic rings. The zero-order chi connectivity index (χ0) is 12.3. The van der Waals surface area contributed by atoms with E-state index >= 15 is 0 Å². The predicted molar refractivity (Wildman–Crippen MR) is 62.7 cm³/mol. The third-order valence-corrected chi connectivity index (χ3v) is 2.56. The van der Waals surface area contributed by atoms with Crippen LogP contribution < -0.4 is 0 Å². The van der Waals surface area contributed by atoms with E-state index in [-0.39, 0.29) is 12.4 Å². The summed E-state index contributed by atoms with van der Waals surface area (Å²) in [6.45, 7) is 1.91. The molecule has 1 heterocycles. The maximum atomic E-state index is 12.8. The fourth-order valence-corrected chi connectivity index (χ4v) is 1.62. The average molecular weight is 232 g/mol. The Bertz CT molecular complexity index is 511. The van der Waals surface area contributed by atoms with Gasteiger partial charge in [-0.05, 0) is 30.7 Å². The Morgan fingerprint density at radius 3 is 2.53 bits per heavy atom. The maximum Gasteiger partial charge on any atom is 0.159 e. The van der Waals surface area contributed by atoms with Gasteiger partial charge in [0.2, 0.25) is 0 Å². The average Bonchev–Trinajstić information content (AvgIpc) is 2.39. The van der Waals surface area contributed by atoms with E-state index in [0.29, 0.717) is 5.82 Å². The van der Waals surface area contributed by atoms with Crippen LogP contribution in [-0.2, 0) is 13.0 Å². The molecule has 17 heavy (non-hydrogen) atoms. The highest BCUT2D eigenvalue weighted by molar-refractivity contribution is 5.54. The Labute approximate surface area is 99.0 Å². The maximum absolute atomic E-state index is 12.8. The van der Waals surface area contributed by atoms with Gasteiger partial charge in [-0.15, -0.1) is 0 Å². The molecule has 0 fully saturated rings. The number of aryl methyl sites for hydroxylation is 1. The van der Waals surface area contributed by atoms with Crippen molar-refractivity contribution in [1.29, 1.82) is 0 Å². The summed E-state index contributed by atoms with van der Waals surface area (Å²) in [5, 5.41) is 9.12. The van der Waals surface area contributed by atoms with Gasteiger partial charge < -0.3 is 5.11 Å². The van der Waals surface area contributed by atoms with Crippen LogP contribution in [0, 0.1) is 5.82 Å².